The Balaban J connectivity index is 1.55. The van der Waals surface area contributed by atoms with Crippen LogP contribution in [0.3, 0.4) is 0 Å². The van der Waals surface area contributed by atoms with Crippen molar-refractivity contribution in [2.45, 2.75) is 44.4 Å². The van der Waals surface area contributed by atoms with Crippen LogP contribution in [0, 0.1) is 0 Å². The maximum absolute atomic E-state index is 13.2. The van der Waals surface area contributed by atoms with Gasteiger partial charge in [-0.25, -0.2) is 0 Å². The first-order valence-corrected chi connectivity index (χ1v) is 9.25. The van der Waals surface area contributed by atoms with Crippen molar-refractivity contribution in [3.05, 3.63) is 57.8 Å². The largest absolute Gasteiger partial charge is 0.334 e. The van der Waals surface area contributed by atoms with Gasteiger partial charge in [0.1, 0.15) is 0 Å². The maximum Gasteiger partial charge on any atom is 0.240 e. The highest BCUT2D eigenvalue weighted by molar-refractivity contribution is 7.07. The Morgan fingerprint density at radius 3 is 2.74 bits per heavy atom. The van der Waals surface area contributed by atoms with E-state index in [0.717, 1.165) is 32.4 Å². The number of fused-ring (bicyclic) bond motifs is 1. The van der Waals surface area contributed by atoms with Crippen LogP contribution in [-0.4, -0.2) is 34.8 Å². The second-order valence-electron chi connectivity index (χ2n) is 6.73. The van der Waals surface area contributed by atoms with Crippen molar-refractivity contribution in [1.82, 2.24) is 9.80 Å². The van der Waals surface area contributed by atoms with Gasteiger partial charge in [0, 0.05) is 19.1 Å². The number of nitrogens with zero attached hydrogens (tertiary/aromatic N) is 2. The Kier molecular flexibility index (Phi) is 3.95. The summed E-state index contributed by atoms with van der Waals surface area (Å²) in [5, 5.41) is 4.25. The van der Waals surface area contributed by atoms with Crippen LogP contribution in [0.4, 0.5) is 0 Å². The van der Waals surface area contributed by atoms with Gasteiger partial charge in [-0.3, -0.25) is 9.69 Å². The summed E-state index contributed by atoms with van der Waals surface area (Å²) >= 11 is 1.70. The van der Waals surface area contributed by atoms with Crippen LogP contribution in [0.1, 0.15) is 29.5 Å². The summed E-state index contributed by atoms with van der Waals surface area (Å²) in [6.07, 6.45) is 3.14. The Bertz CT molecular complexity index is 693. The molecule has 1 atom stereocenters. The summed E-state index contributed by atoms with van der Waals surface area (Å²) in [4.78, 5) is 17.6. The Morgan fingerprint density at radius 2 is 2.04 bits per heavy atom. The van der Waals surface area contributed by atoms with Crippen molar-refractivity contribution in [2.75, 3.05) is 7.05 Å². The van der Waals surface area contributed by atoms with Crippen molar-refractivity contribution in [3.63, 3.8) is 0 Å². The zero-order chi connectivity index (χ0) is 15.8. The maximum atomic E-state index is 13.2. The number of hydrogen-bond acceptors (Lipinski definition) is 3. The van der Waals surface area contributed by atoms with Gasteiger partial charge >= 0.3 is 0 Å². The molecule has 1 aliphatic heterocycles. The second kappa shape index (κ2) is 6.10. The molecule has 1 saturated carbocycles. The molecule has 0 bridgehead atoms. The van der Waals surface area contributed by atoms with Crippen LogP contribution in [0.25, 0.3) is 0 Å². The third kappa shape index (κ3) is 3.06. The van der Waals surface area contributed by atoms with Gasteiger partial charge in [-0.1, -0.05) is 24.3 Å². The van der Waals surface area contributed by atoms with E-state index in [4.69, 9.17) is 0 Å². The summed E-state index contributed by atoms with van der Waals surface area (Å²) in [7, 11) is 2.08. The average Bonchev–Trinajstić information content (AvgIpc) is 3.27. The first-order valence-electron chi connectivity index (χ1n) is 8.31. The summed E-state index contributed by atoms with van der Waals surface area (Å²) in [6, 6.07) is 11.1. The molecule has 2 aromatic rings. The van der Waals surface area contributed by atoms with Crippen molar-refractivity contribution in [2.24, 2.45) is 0 Å². The topological polar surface area (TPSA) is 23.6 Å². The molecular weight excluding hydrogens is 304 g/mol. The lowest BCUT2D eigenvalue weighted by molar-refractivity contribution is -0.138. The van der Waals surface area contributed by atoms with Crippen LogP contribution in [0.15, 0.2) is 41.1 Å². The number of carbonyl (C=O) groups excluding carboxylic acids is 1. The standard InChI is InChI=1S/C19H22N2OS/c1-20-12-16-5-3-2-4-15(16)10-18(20)19(22)21(17-6-7-17)11-14-8-9-23-13-14/h2-5,8-9,13,17-18H,6-7,10-12H2,1H3/t18-/m1/s1. The van der Waals surface area contributed by atoms with E-state index in [1.165, 1.54) is 16.7 Å². The van der Waals surface area contributed by atoms with Crippen molar-refractivity contribution in [3.8, 4) is 0 Å². The Labute approximate surface area is 141 Å². The van der Waals surface area contributed by atoms with Crippen LogP contribution in [-0.2, 0) is 24.3 Å². The molecule has 1 fully saturated rings. The van der Waals surface area contributed by atoms with Crippen molar-refractivity contribution >= 4 is 17.2 Å². The molecule has 120 valence electrons. The zero-order valence-electron chi connectivity index (χ0n) is 13.4. The van der Waals surface area contributed by atoms with E-state index in [1.54, 1.807) is 11.3 Å². The number of rotatable bonds is 4. The van der Waals surface area contributed by atoms with Gasteiger partial charge in [0.15, 0.2) is 0 Å². The molecule has 0 saturated heterocycles. The molecule has 1 aromatic heterocycles. The lowest BCUT2D eigenvalue weighted by atomic mass is 9.93. The lowest BCUT2D eigenvalue weighted by Gasteiger charge is -2.36. The summed E-state index contributed by atoms with van der Waals surface area (Å²) < 4.78 is 0. The molecule has 0 spiro atoms. The number of amides is 1. The van der Waals surface area contributed by atoms with Gasteiger partial charge in [-0.15, -0.1) is 0 Å². The first-order chi connectivity index (χ1) is 11.2. The minimum absolute atomic E-state index is 0.0239. The molecule has 0 N–H and O–H groups in total. The molecular formula is C19H22N2OS. The second-order valence-corrected chi connectivity index (χ2v) is 7.51. The Hall–Kier alpha value is -1.65. The van der Waals surface area contributed by atoms with Crippen LogP contribution < -0.4 is 0 Å². The van der Waals surface area contributed by atoms with Crippen LogP contribution in [0.2, 0.25) is 0 Å². The molecule has 1 aromatic carbocycles. The Morgan fingerprint density at radius 1 is 1.26 bits per heavy atom. The number of benzene rings is 1. The van der Waals surface area contributed by atoms with Gasteiger partial charge in [0.25, 0.3) is 0 Å². The quantitative estimate of drug-likeness (QED) is 0.861. The molecule has 3 nitrogen and oxygen atoms in total. The lowest BCUT2D eigenvalue weighted by Crippen LogP contribution is -2.50. The predicted molar refractivity (Wildman–Crippen MR) is 93.3 cm³/mol. The van der Waals surface area contributed by atoms with Gasteiger partial charge in [0.2, 0.25) is 5.91 Å². The molecule has 1 amide bonds. The highest BCUT2D eigenvalue weighted by Crippen LogP contribution is 2.31. The van der Waals surface area contributed by atoms with E-state index < -0.39 is 0 Å². The fourth-order valence-corrected chi connectivity index (χ4v) is 4.13. The minimum Gasteiger partial charge on any atom is -0.334 e. The van der Waals surface area contributed by atoms with Crippen LogP contribution >= 0.6 is 11.3 Å². The number of thiophene rings is 1. The smallest absolute Gasteiger partial charge is 0.240 e. The van der Waals surface area contributed by atoms with Gasteiger partial charge in [0.05, 0.1) is 6.04 Å². The third-order valence-electron chi connectivity index (χ3n) is 4.97. The van der Waals surface area contributed by atoms with Gasteiger partial charge < -0.3 is 4.90 Å². The zero-order valence-corrected chi connectivity index (χ0v) is 14.3. The van der Waals surface area contributed by atoms with Gasteiger partial charge in [-0.2, -0.15) is 11.3 Å². The van der Waals surface area contributed by atoms with Gasteiger partial charge in [-0.05, 0) is 59.8 Å². The SMILES string of the molecule is CN1Cc2ccccc2C[C@@H]1C(=O)N(Cc1ccsc1)C1CC1. The van der Waals surface area contributed by atoms with Crippen molar-refractivity contribution in [1.29, 1.82) is 0 Å². The first kappa shape index (κ1) is 14.9. The normalized spacial score (nSPS) is 21.0. The van der Waals surface area contributed by atoms with E-state index in [2.05, 4.69) is 57.9 Å². The minimum atomic E-state index is -0.0239. The average molecular weight is 326 g/mol. The van der Waals surface area contributed by atoms with E-state index in [9.17, 15) is 4.79 Å². The van der Waals surface area contributed by atoms with Crippen molar-refractivity contribution < 1.29 is 4.79 Å². The summed E-state index contributed by atoms with van der Waals surface area (Å²) in [5.41, 5.74) is 3.94. The monoisotopic (exact) mass is 326 g/mol. The van der Waals surface area contributed by atoms with E-state index in [1.807, 2.05) is 0 Å². The fourth-order valence-electron chi connectivity index (χ4n) is 3.47. The molecule has 4 rings (SSSR count). The highest BCUT2D eigenvalue weighted by atomic mass is 32.1. The van der Waals surface area contributed by atoms with E-state index >= 15 is 0 Å². The number of hydrogen-bond donors (Lipinski definition) is 0. The summed E-state index contributed by atoms with van der Waals surface area (Å²) in [5.74, 6) is 0.302. The molecule has 0 radical (unpaired) electrons. The third-order valence-corrected chi connectivity index (χ3v) is 5.70. The van der Waals surface area contributed by atoms with E-state index in [0.29, 0.717) is 11.9 Å². The molecule has 0 unspecified atom stereocenters. The molecule has 4 heteroatoms. The fraction of sp³-hybridized carbons (Fsp3) is 0.421. The molecule has 1 aliphatic carbocycles. The number of likely N-dealkylation sites (N-methyl/N-ethyl adjacent to an activating group) is 1. The van der Waals surface area contributed by atoms with E-state index in [-0.39, 0.29) is 6.04 Å². The predicted octanol–water partition coefficient (Wildman–Crippen LogP) is 3.30. The van der Waals surface area contributed by atoms with Crippen LogP contribution in [0.5, 0.6) is 0 Å². The summed E-state index contributed by atoms with van der Waals surface area (Å²) in [6.45, 7) is 1.63. The molecule has 23 heavy (non-hydrogen) atoms. The molecule has 2 aliphatic rings. The highest BCUT2D eigenvalue weighted by Gasteiger charge is 2.38. The molecule has 2 heterocycles. The number of carbonyl (C=O) groups is 1.